The summed E-state index contributed by atoms with van der Waals surface area (Å²) in [7, 11) is 0. The van der Waals surface area contributed by atoms with Crippen LogP contribution >= 0.6 is 11.6 Å². The average molecular weight is 643 g/mol. The maximum Gasteiger partial charge on any atom is 0.408 e. The second kappa shape index (κ2) is 15.9. The highest BCUT2D eigenvalue weighted by Crippen LogP contribution is 2.29. The normalized spacial score (nSPS) is 17.8. The van der Waals surface area contributed by atoms with E-state index < -0.39 is 17.7 Å². The quantitative estimate of drug-likeness (QED) is 0.332. The molecule has 0 radical (unpaired) electrons. The molecule has 1 saturated carbocycles. The Kier molecular flexibility index (Phi) is 12.3. The number of ether oxygens (including phenoxy) is 1. The van der Waals surface area contributed by atoms with E-state index in [1.54, 1.807) is 56.9 Å². The molecule has 1 aliphatic heterocycles. The number of amides is 3. The number of rotatable bonds is 10. The number of carbonyl (C=O) groups excluding carboxylic acids is 3. The summed E-state index contributed by atoms with van der Waals surface area (Å²) in [5.41, 5.74) is 0.699. The Bertz CT molecular complexity index is 1290. The molecule has 246 valence electrons. The fourth-order valence-corrected chi connectivity index (χ4v) is 6.48. The van der Waals surface area contributed by atoms with E-state index in [0.717, 1.165) is 18.4 Å². The van der Waals surface area contributed by atoms with Gasteiger partial charge in [0.1, 0.15) is 17.5 Å². The minimum atomic E-state index is -0.835. The van der Waals surface area contributed by atoms with Crippen molar-refractivity contribution in [1.82, 2.24) is 20.0 Å². The molecule has 1 saturated heterocycles. The van der Waals surface area contributed by atoms with Gasteiger partial charge in [0.2, 0.25) is 11.8 Å². The molecule has 2 atom stereocenters. The molecule has 10 heteroatoms. The number of carbonyl (C=O) groups is 3. The van der Waals surface area contributed by atoms with E-state index in [2.05, 4.69) is 10.2 Å². The number of hydrogen-bond acceptors (Lipinski definition) is 5. The van der Waals surface area contributed by atoms with Gasteiger partial charge in [-0.05, 0) is 63.3 Å². The zero-order valence-corrected chi connectivity index (χ0v) is 27.8. The van der Waals surface area contributed by atoms with Gasteiger partial charge < -0.3 is 19.9 Å². The summed E-state index contributed by atoms with van der Waals surface area (Å²) in [5, 5.41) is 3.37. The Balaban J connectivity index is 1.48. The minimum Gasteiger partial charge on any atom is -0.444 e. The lowest BCUT2D eigenvalue weighted by Gasteiger charge is -2.42. The summed E-state index contributed by atoms with van der Waals surface area (Å²) in [6, 6.07) is 12.8. The molecule has 4 rings (SSSR count). The van der Waals surface area contributed by atoms with Gasteiger partial charge in [0.25, 0.3) is 0 Å². The Hall–Kier alpha value is -3.17. The first-order valence-electron chi connectivity index (χ1n) is 16.2. The third-order valence-electron chi connectivity index (χ3n) is 8.72. The Morgan fingerprint density at radius 2 is 1.64 bits per heavy atom. The molecule has 2 aromatic carbocycles. The molecule has 0 aromatic heterocycles. The van der Waals surface area contributed by atoms with Crippen molar-refractivity contribution in [3.05, 3.63) is 70.5 Å². The van der Waals surface area contributed by atoms with Gasteiger partial charge in [-0.3, -0.25) is 14.5 Å². The summed E-state index contributed by atoms with van der Waals surface area (Å²) < 4.78 is 20.7. The van der Waals surface area contributed by atoms with Gasteiger partial charge in [-0.25, -0.2) is 9.18 Å². The largest absolute Gasteiger partial charge is 0.444 e. The van der Waals surface area contributed by atoms with E-state index in [-0.39, 0.29) is 30.1 Å². The molecular formula is C35H48ClFN4O4. The first-order chi connectivity index (χ1) is 21.4. The first kappa shape index (κ1) is 34.7. The summed E-state index contributed by atoms with van der Waals surface area (Å²) in [5.74, 6) is -0.0465. The van der Waals surface area contributed by atoms with Crippen LogP contribution in [0.25, 0.3) is 0 Å². The van der Waals surface area contributed by atoms with Gasteiger partial charge in [0, 0.05) is 63.2 Å². The van der Waals surface area contributed by atoms with Crippen molar-refractivity contribution < 1.29 is 23.5 Å². The van der Waals surface area contributed by atoms with Gasteiger partial charge in [-0.1, -0.05) is 61.2 Å². The summed E-state index contributed by atoms with van der Waals surface area (Å²) in [6.45, 7) is 9.79. The van der Waals surface area contributed by atoms with Gasteiger partial charge in [0.15, 0.2) is 0 Å². The number of nitrogens with one attached hydrogen (secondary N) is 1. The van der Waals surface area contributed by atoms with Crippen molar-refractivity contribution in [3.8, 4) is 0 Å². The number of hydrogen-bond donors (Lipinski definition) is 1. The van der Waals surface area contributed by atoms with Crippen molar-refractivity contribution in [2.75, 3.05) is 39.3 Å². The first-order valence-corrected chi connectivity index (χ1v) is 16.5. The second-order valence-electron chi connectivity index (χ2n) is 13.4. The van der Waals surface area contributed by atoms with Crippen molar-refractivity contribution >= 4 is 29.5 Å². The van der Waals surface area contributed by atoms with Crippen molar-refractivity contribution in [2.45, 2.75) is 83.9 Å². The fraction of sp³-hybridized carbons (Fsp3) is 0.571. The lowest BCUT2D eigenvalue weighted by Crippen LogP contribution is -2.57. The van der Waals surface area contributed by atoms with Crippen molar-refractivity contribution in [1.29, 1.82) is 0 Å². The third-order valence-corrected chi connectivity index (χ3v) is 8.97. The maximum absolute atomic E-state index is 15.2. The SMILES string of the molecule is CC(=O)N(CC1CCCCC1)CC(c1ccccc1F)N1CCN(C(=O)[C@@H](Cc2ccc(Cl)cc2)NC(=O)OC(C)(C)C)CC1. The predicted octanol–water partition coefficient (Wildman–Crippen LogP) is 6.23. The number of benzene rings is 2. The van der Waals surface area contributed by atoms with Crippen LogP contribution in [0.4, 0.5) is 9.18 Å². The van der Waals surface area contributed by atoms with E-state index in [0.29, 0.717) is 55.8 Å². The van der Waals surface area contributed by atoms with E-state index in [9.17, 15) is 14.4 Å². The van der Waals surface area contributed by atoms with Gasteiger partial charge in [-0.15, -0.1) is 0 Å². The molecule has 0 spiro atoms. The van der Waals surface area contributed by atoms with Crippen molar-refractivity contribution in [2.24, 2.45) is 5.92 Å². The van der Waals surface area contributed by atoms with Gasteiger partial charge >= 0.3 is 6.09 Å². The monoisotopic (exact) mass is 642 g/mol. The summed E-state index contributed by atoms with van der Waals surface area (Å²) in [6.07, 6.45) is 5.46. The number of nitrogens with zero attached hydrogens (tertiary/aromatic N) is 3. The van der Waals surface area contributed by atoms with Crippen LogP contribution in [-0.2, 0) is 20.7 Å². The molecule has 0 bridgehead atoms. The van der Waals surface area contributed by atoms with Crippen LogP contribution in [0.3, 0.4) is 0 Å². The lowest BCUT2D eigenvalue weighted by atomic mass is 9.88. The van der Waals surface area contributed by atoms with Crippen molar-refractivity contribution in [3.63, 3.8) is 0 Å². The Labute approximate surface area is 272 Å². The van der Waals surface area contributed by atoms with Gasteiger partial charge in [-0.2, -0.15) is 0 Å². The molecule has 1 aliphatic carbocycles. The number of piperazine rings is 1. The van der Waals surface area contributed by atoms with Crippen LogP contribution in [-0.4, -0.2) is 83.5 Å². The molecular weight excluding hydrogens is 595 g/mol. The van der Waals surface area contributed by atoms with E-state index in [1.807, 2.05) is 23.1 Å². The second-order valence-corrected chi connectivity index (χ2v) is 13.8. The topological polar surface area (TPSA) is 82.2 Å². The average Bonchev–Trinajstić information content (AvgIpc) is 3.00. The summed E-state index contributed by atoms with van der Waals surface area (Å²) >= 11 is 6.07. The summed E-state index contributed by atoms with van der Waals surface area (Å²) in [4.78, 5) is 45.2. The van der Waals surface area contributed by atoms with Crippen LogP contribution in [0.15, 0.2) is 48.5 Å². The maximum atomic E-state index is 15.2. The highest BCUT2D eigenvalue weighted by molar-refractivity contribution is 6.30. The molecule has 2 aromatic rings. The molecule has 2 aliphatic rings. The smallest absolute Gasteiger partial charge is 0.408 e. The van der Waals surface area contributed by atoms with Crippen LogP contribution in [0, 0.1) is 11.7 Å². The van der Waals surface area contributed by atoms with E-state index in [4.69, 9.17) is 16.3 Å². The van der Waals surface area contributed by atoms with E-state index in [1.165, 1.54) is 25.3 Å². The molecule has 8 nitrogen and oxygen atoms in total. The Morgan fingerprint density at radius 3 is 2.24 bits per heavy atom. The van der Waals surface area contributed by atoms with Crippen LogP contribution < -0.4 is 5.32 Å². The molecule has 1 heterocycles. The predicted molar refractivity (Wildman–Crippen MR) is 174 cm³/mol. The molecule has 1 unspecified atom stereocenters. The van der Waals surface area contributed by atoms with Crippen LogP contribution in [0.2, 0.25) is 5.02 Å². The molecule has 1 N–H and O–H groups in total. The number of alkyl carbamates (subject to hydrolysis) is 1. The zero-order chi connectivity index (χ0) is 32.6. The molecule has 45 heavy (non-hydrogen) atoms. The van der Waals surface area contributed by atoms with Crippen LogP contribution in [0.1, 0.15) is 77.0 Å². The number of halogens is 2. The van der Waals surface area contributed by atoms with E-state index >= 15 is 4.39 Å². The molecule has 3 amide bonds. The third kappa shape index (κ3) is 10.4. The highest BCUT2D eigenvalue weighted by atomic mass is 35.5. The lowest BCUT2D eigenvalue weighted by molar-refractivity contribution is -0.135. The van der Waals surface area contributed by atoms with Gasteiger partial charge in [0.05, 0.1) is 6.04 Å². The standard InChI is InChI=1S/C35H48ClFN4O4/c1-25(42)41(23-27-10-6-5-7-11-27)24-32(29-12-8-9-13-30(29)37)39-18-20-40(21-19-39)33(43)31(38-34(44)45-35(2,3)4)22-26-14-16-28(36)17-15-26/h8-9,12-17,27,31-32H,5-7,10-11,18-24H2,1-4H3,(H,38,44)/t31-,32?/m1/s1. The van der Waals surface area contributed by atoms with Crippen LogP contribution in [0.5, 0.6) is 0 Å². The highest BCUT2D eigenvalue weighted by Gasteiger charge is 2.34. The molecule has 2 fully saturated rings. The Morgan fingerprint density at radius 1 is 1.00 bits per heavy atom. The zero-order valence-electron chi connectivity index (χ0n) is 27.1. The minimum absolute atomic E-state index is 0.00557. The fourth-order valence-electron chi connectivity index (χ4n) is 6.36.